The average Bonchev–Trinajstić information content (AvgIpc) is 3.22. The van der Waals surface area contributed by atoms with Crippen molar-refractivity contribution in [1.29, 1.82) is 0 Å². The fourth-order valence-corrected chi connectivity index (χ4v) is 5.40. The van der Waals surface area contributed by atoms with Crippen LogP contribution in [-0.4, -0.2) is 38.7 Å². The lowest BCUT2D eigenvalue weighted by molar-refractivity contribution is 0.102. The van der Waals surface area contributed by atoms with Gasteiger partial charge in [-0.2, -0.15) is 0 Å². The number of hydrogen-bond acceptors (Lipinski definition) is 5. The summed E-state index contributed by atoms with van der Waals surface area (Å²) >= 11 is 6.14. The molecule has 1 aliphatic heterocycles. The Balaban J connectivity index is 1.45. The molecular formula is C28H25ClF2N4O4S. The Morgan fingerprint density at radius 1 is 1.02 bits per heavy atom. The minimum Gasteiger partial charge on any atom is -0.488 e. The highest BCUT2D eigenvalue weighted by molar-refractivity contribution is 7.92. The van der Waals surface area contributed by atoms with Crippen molar-refractivity contribution in [2.24, 2.45) is 0 Å². The van der Waals surface area contributed by atoms with Crippen LogP contribution in [0.3, 0.4) is 0 Å². The van der Waals surface area contributed by atoms with Crippen LogP contribution in [0.5, 0.6) is 5.75 Å². The molecule has 4 aromatic rings. The Hall–Kier alpha value is -4.09. The fraction of sp³-hybridized carbons (Fsp3) is 0.179. The van der Waals surface area contributed by atoms with Crippen molar-refractivity contribution in [3.8, 4) is 17.0 Å². The van der Waals surface area contributed by atoms with E-state index >= 15 is 0 Å². The smallest absolute Gasteiger partial charge is 0.257 e. The van der Waals surface area contributed by atoms with Crippen LogP contribution in [0.2, 0.25) is 5.02 Å². The van der Waals surface area contributed by atoms with Gasteiger partial charge in [0.15, 0.2) is 0 Å². The van der Waals surface area contributed by atoms with Crippen LogP contribution in [0, 0.1) is 11.6 Å². The Bertz CT molecular complexity index is 1710. The number of nitrogens with zero attached hydrogens (tertiary/aromatic N) is 2. The Morgan fingerprint density at radius 2 is 1.75 bits per heavy atom. The number of sulfonamides is 1. The quantitative estimate of drug-likeness (QED) is 0.288. The number of carbonyl (C=O) groups is 1. The van der Waals surface area contributed by atoms with E-state index in [-0.39, 0.29) is 17.3 Å². The molecule has 3 aromatic carbocycles. The Kier molecular flexibility index (Phi) is 7.43. The van der Waals surface area contributed by atoms with Crippen molar-refractivity contribution in [3.05, 3.63) is 94.6 Å². The predicted octanol–water partition coefficient (Wildman–Crippen LogP) is 5.74. The van der Waals surface area contributed by atoms with Gasteiger partial charge in [-0.05, 0) is 54.1 Å². The monoisotopic (exact) mass is 586 g/mol. The first-order valence-corrected chi connectivity index (χ1v) is 14.4. The molecule has 1 aliphatic rings. The van der Waals surface area contributed by atoms with Crippen molar-refractivity contribution >= 4 is 44.6 Å². The van der Waals surface area contributed by atoms with E-state index in [1.807, 2.05) is 23.7 Å². The molecule has 1 amide bonds. The summed E-state index contributed by atoms with van der Waals surface area (Å²) < 4.78 is 61.0. The summed E-state index contributed by atoms with van der Waals surface area (Å²) in [5.41, 5.74) is 3.59. The maximum atomic E-state index is 13.7. The largest absolute Gasteiger partial charge is 0.488 e. The van der Waals surface area contributed by atoms with E-state index in [2.05, 4.69) is 14.9 Å². The number of benzene rings is 3. The van der Waals surface area contributed by atoms with E-state index in [0.29, 0.717) is 35.7 Å². The molecule has 208 valence electrons. The lowest BCUT2D eigenvalue weighted by atomic mass is 10.1. The molecule has 0 spiro atoms. The second-order valence-corrected chi connectivity index (χ2v) is 11.7. The Labute approximate surface area is 235 Å². The van der Waals surface area contributed by atoms with Crippen LogP contribution in [0.25, 0.3) is 11.3 Å². The highest BCUT2D eigenvalue weighted by Gasteiger charge is 2.24. The first-order chi connectivity index (χ1) is 18.9. The predicted molar refractivity (Wildman–Crippen MR) is 152 cm³/mol. The number of carbonyl (C=O) groups excluding carboxylic acids is 1. The zero-order valence-electron chi connectivity index (χ0n) is 21.5. The first kappa shape index (κ1) is 27.5. The van der Waals surface area contributed by atoms with E-state index in [0.717, 1.165) is 29.3 Å². The summed E-state index contributed by atoms with van der Waals surface area (Å²) in [6, 6.07) is 14.9. The van der Waals surface area contributed by atoms with Gasteiger partial charge in [-0.1, -0.05) is 17.7 Å². The van der Waals surface area contributed by atoms with Crippen LogP contribution >= 0.6 is 11.6 Å². The van der Waals surface area contributed by atoms with Gasteiger partial charge >= 0.3 is 0 Å². The molecule has 0 fully saturated rings. The molecule has 0 saturated heterocycles. The highest BCUT2D eigenvalue weighted by Crippen LogP contribution is 2.41. The van der Waals surface area contributed by atoms with Crippen molar-refractivity contribution in [2.75, 3.05) is 34.8 Å². The van der Waals surface area contributed by atoms with E-state index < -0.39 is 27.6 Å². The number of aromatic nitrogens is 1. The molecule has 1 aromatic heterocycles. The number of fused-ring (bicyclic) bond motifs is 3. The first-order valence-electron chi connectivity index (χ1n) is 12.2. The van der Waals surface area contributed by atoms with Crippen LogP contribution in [0.1, 0.15) is 15.9 Å². The SMILES string of the molecule is CN1CCn2cc(C(=O)Nc3cc(Cl)cc(NS(C)(=O)=O)c3)cc2-c2c(OCc3cc(F)cc(F)c3)cccc21. The van der Waals surface area contributed by atoms with Gasteiger partial charge in [0.2, 0.25) is 10.0 Å². The number of likely N-dealkylation sites (N-methyl/N-ethyl adjacent to an activating group) is 1. The maximum absolute atomic E-state index is 13.7. The summed E-state index contributed by atoms with van der Waals surface area (Å²) in [5, 5.41) is 3.01. The third-order valence-corrected chi connectivity index (χ3v) is 7.11. The molecule has 5 rings (SSSR count). The van der Waals surface area contributed by atoms with Gasteiger partial charge in [-0.3, -0.25) is 9.52 Å². The van der Waals surface area contributed by atoms with Gasteiger partial charge in [0.05, 0.1) is 28.8 Å². The van der Waals surface area contributed by atoms with Gasteiger partial charge in [-0.25, -0.2) is 17.2 Å². The van der Waals surface area contributed by atoms with Gasteiger partial charge in [0.25, 0.3) is 5.91 Å². The number of ether oxygens (including phenoxy) is 1. The molecule has 0 atom stereocenters. The third kappa shape index (κ3) is 6.21. The minimum absolute atomic E-state index is 0.0541. The number of rotatable bonds is 7. The molecule has 0 unspecified atom stereocenters. The maximum Gasteiger partial charge on any atom is 0.257 e. The second kappa shape index (κ2) is 10.8. The lowest BCUT2D eigenvalue weighted by Gasteiger charge is -2.21. The number of nitrogens with one attached hydrogen (secondary N) is 2. The molecule has 8 nitrogen and oxygen atoms in total. The van der Waals surface area contributed by atoms with E-state index in [4.69, 9.17) is 16.3 Å². The minimum atomic E-state index is -3.54. The van der Waals surface area contributed by atoms with Crippen molar-refractivity contribution < 1.29 is 26.7 Å². The zero-order valence-corrected chi connectivity index (χ0v) is 23.1. The number of hydrogen-bond donors (Lipinski definition) is 2. The van der Waals surface area contributed by atoms with E-state index in [1.54, 1.807) is 18.3 Å². The molecule has 40 heavy (non-hydrogen) atoms. The highest BCUT2D eigenvalue weighted by atomic mass is 35.5. The van der Waals surface area contributed by atoms with E-state index in [1.165, 1.54) is 30.3 Å². The van der Waals surface area contributed by atoms with Crippen LogP contribution in [-0.2, 0) is 23.2 Å². The van der Waals surface area contributed by atoms with Crippen molar-refractivity contribution in [3.63, 3.8) is 0 Å². The summed E-state index contributed by atoms with van der Waals surface area (Å²) in [4.78, 5) is 15.3. The van der Waals surface area contributed by atoms with Gasteiger partial charge < -0.3 is 19.5 Å². The van der Waals surface area contributed by atoms with Crippen molar-refractivity contribution in [1.82, 2.24) is 4.57 Å². The normalized spacial score (nSPS) is 12.8. The van der Waals surface area contributed by atoms with E-state index in [9.17, 15) is 22.0 Å². The number of amides is 1. The summed E-state index contributed by atoms with van der Waals surface area (Å²) in [6.07, 6.45) is 2.75. The summed E-state index contributed by atoms with van der Waals surface area (Å²) in [7, 11) is -1.59. The zero-order chi connectivity index (χ0) is 28.6. The molecule has 0 radical (unpaired) electrons. The molecule has 0 bridgehead atoms. The topological polar surface area (TPSA) is 92.7 Å². The number of anilines is 3. The second-order valence-electron chi connectivity index (χ2n) is 9.50. The summed E-state index contributed by atoms with van der Waals surface area (Å²) in [5.74, 6) is -1.30. The van der Waals surface area contributed by atoms with Crippen LogP contribution in [0.15, 0.2) is 66.9 Å². The average molecular weight is 587 g/mol. The molecule has 2 N–H and O–H groups in total. The van der Waals surface area contributed by atoms with Crippen molar-refractivity contribution in [2.45, 2.75) is 13.2 Å². The molecule has 0 saturated carbocycles. The number of halogens is 3. The Morgan fingerprint density at radius 3 is 2.48 bits per heavy atom. The van der Waals surface area contributed by atoms with Gasteiger partial charge in [-0.15, -0.1) is 0 Å². The van der Waals surface area contributed by atoms with Gasteiger partial charge in [0.1, 0.15) is 24.0 Å². The summed E-state index contributed by atoms with van der Waals surface area (Å²) in [6.45, 7) is 1.19. The molecule has 2 heterocycles. The fourth-order valence-electron chi connectivity index (χ4n) is 4.62. The van der Waals surface area contributed by atoms with Crippen LogP contribution < -0.4 is 19.7 Å². The molecular weight excluding hydrogens is 562 g/mol. The molecule has 12 heteroatoms. The van der Waals surface area contributed by atoms with Gasteiger partial charge in [0, 0.05) is 48.8 Å². The lowest BCUT2D eigenvalue weighted by Crippen LogP contribution is -2.20. The van der Waals surface area contributed by atoms with Crippen LogP contribution in [0.4, 0.5) is 25.8 Å². The standard InChI is InChI=1S/C28H25ClF2N4O4S/c1-34-6-7-35-15-18(28(36)32-22-11-19(29)12-23(14-22)33-40(2,37)38)10-25(35)27-24(34)4-3-5-26(27)39-16-17-8-20(30)13-21(31)9-17/h3-5,8-15,33H,6-7,16H2,1-2H3,(H,32,36). The third-order valence-electron chi connectivity index (χ3n) is 6.28. The molecule has 0 aliphatic carbocycles.